The highest BCUT2D eigenvalue weighted by Crippen LogP contribution is 2.28. The van der Waals surface area contributed by atoms with Crippen LogP contribution in [-0.4, -0.2) is 74.9 Å². The van der Waals surface area contributed by atoms with E-state index in [4.69, 9.17) is 23.7 Å². The summed E-state index contributed by atoms with van der Waals surface area (Å²) in [5.41, 5.74) is 7.20. The summed E-state index contributed by atoms with van der Waals surface area (Å²) in [7, 11) is 0. The van der Waals surface area contributed by atoms with Gasteiger partial charge < -0.3 is 34.3 Å². The van der Waals surface area contributed by atoms with Crippen LogP contribution in [0, 0.1) is 18.8 Å². The molecule has 0 aliphatic heterocycles. The molecule has 0 bridgehead atoms. The zero-order chi connectivity index (χ0) is 35.5. The molecule has 2 heterocycles. The molecule has 2 aromatic heterocycles. The first-order valence-corrected chi connectivity index (χ1v) is 17.2. The zero-order valence-corrected chi connectivity index (χ0v) is 28.9. The van der Waals surface area contributed by atoms with Crippen LogP contribution in [-0.2, 0) is 36.7 Å². The Morgan fingerprint density at radius 1 is 0.725 bits per heavy atom. The Morgan fingerprint density at radius 3 is 2.08 bits per heavy atom. The van der Waals surface area contributed by atoms with E-state index in [0.717, 1.165) is 44.8 Å². The number of rotatable bonds is 18. The van der Waals surface area contributed by atoms with Crippen LogP contribution >= 0.6 is 0 Å². The predicted molar refractivity (Wildman–Crippen MR) is 192 cm³/mol. The lowest BCUT2D eigenvalue weighted by atomic mass is 9.92. The van der Waals surface area contributed by atoms with Gasteiger partial charge in [-0.25, -0.2) is 9.59 Å². The smallest absolute Gasteiger partial charge is 0.407 e. The molecule has 1 unspecified atom stereocenters. The van der Waals surface area contributed by atoms with E-state index in [1.807, 2.05) is 79.7 Å². The lowest BCUT2D eigenvalue weighted by Crippen LogP contribution is -2.28. The Balaban J connectivity index is 0.834. The van der Waals surface area contributed by atoms with Gasteiger partial charge in [-0.05, 0) is 72.9 Å². The van der Waals surface area contributed by atoms with E-state index in [0.29, 0.717) is 72.0 Å². The number of aromatic nitrogens is 2. The molecule has 2 amide bonds. The Hall–Kier alpha value is -5.28. The number of carbonyl (C=O) groups is 2. The van der Waals surface area contributed by atoms with Crippen LogP contribution in [0.2, 0.25) is 0 Å². The summed E-state index contributed by atoms with van der Waals surface area (Å²) in [6.45, 7) is 5.76. The normalized spacial score (nSPS) is 13.0. The number of fused-ring (bicyclic) bond motifs is 2. The number of ether oxygens (including phenoxy) is 5. The first kappa shape index (κ1) is 37.0. The molecule has 11 heteroatoms. The molecular weight excluding hydrogens is 648 g/mol. The summed E-state index contributed by atoms with van der Waals surface area (Å²) >= 11 is 0. The molecule has 266 valence electrons. The molecule has 4 aromatic rings. The van der Waals surface area contributed by atoms with E-state index in [-0.39, 0.29) is 6.61 Å². The molecular formula is C40H44N4O7. The van der Waals surface area contributed by atoms with Crippen molar-refractivity contribution < 1.29 is 33.3 Å². The van der Waals surface area contributed by atoms with E-state index in [1.165, 1.54) is 0 Å². The van der Waals surface area contributed by atoms with Crippen LogP contribution in [0.25, 0.3) is 11.4 Å². The number of alkyl carbamates (subject to hydrolysis) is 2. The number of nitrogens with one attached hydrogen (secondary N) is 2. The number of aryl methyl sites for hydroxylation is 1. The number of carbonyl (C=O) groups excluding carboxylic acids is 2. The molecule has 5 rings (SSSR count). The van der Waals surface area contributed by atoms with Crippen molar-refractivity contribution in [1.82, 2.24) is 20.6 Å². The van der Waals surface area contributed by atoms with E-state index in [1.54, 1.807) is 12.4 Å². The number of nitrogens with zero attached hydrogens (tertiary/aromatic N) is 2. The van der Waals surface area contributed by atoms with Gasteiger partial charge in [0.15, 0.2) is 0 Å². The van der Waals surface area contributed by atoms with Gasteiger partial charge in [0, 0.05) is 61.8 Å². The third-order valence-electron chi connectivity index (χ3n) is 7.90. The SMILES string of the molecule is Cc1ccnc(-c2cc(COC(=O)NCCCOCCOCCOCCCNC(=O)OC3Cc4ccccc4C#Cc4ccccc43)ccn2)c1. The minimum atomic E-state index is -0.486. The van der Waals surface area contributed by atoms with Crippen LogP contribution in [0.3, 0.4) is 0 Å². The monoisotopic (exact) mass is 692 g/mol. The fourth-order valence-corrected chi connectivity index (χ4v) is 5.28. The Kier molecular flexibility index (Phi) is 14.8. The molecule has 1 aliphatic carbocycles. The van der Waals surface area contributed by atoms with Crippen molar-refractivity contribution in [3.05, 3.63) is 119 Å². The van der Waals surface area contributed by atoms with Gasteiger partial charge in [-0.15, -0.1) is 0 Å². The maximum absolute atomic E-state index is 12.6. The Labute approximate surface area is 299 Å². The topological polar surface area (TPSA) is 130 Å². The molecule has 1 atom stereocenters. The fraction of sp³-hybridized carbons (Fsp3) is 0.350. The van der Waals surface area contributed by atoms with Crippen molar-refractivity contribution in [2.45, 2.75) is 38.9 Å². The van der Waals surface area contributed by atoms with Gasteiger partial charge >= 0.3 is 12.2 Å². The van der Waals surface area contributed by atoms with E-state index in [2.05, 4.69) is 32.4 Å². The number of hydrogen-bond acceptors (Lipinski definition) is 9. The quantitative estimate of drug-likeness (QED) is 0.0963. The molecule has 1 aliphatic rings. The number of pyridine rings is 2. The summed E-state index contributed by atoms with van der Waals surface area (Å²) in [4.78, 5) is 33.4. The van der Waals surface area contributed by atoms with Crippen LogP contribution in [0.15, 0.2) is 85.2 Å². The lowest BCUT2D eigenvalue weighted by molar-refractivity contribution is 0.0137. The zero-order valence-electron chi connectivity index (χ0n) is 28.9. The standard InChI is InChI=1S/C40H44N4O7/c1-30-14-18-41-36(26-30)37-27-31(15-19-42-37)29-50-39(45)43-16-6-20-47-22-24-49-25-23-48-21-7-17-44-40(46)51-38-28-34-10-3-2-8-32(34)12-13-33-9-4-5-11-35(33)38/h2-5,8-11,14-15,18-19,26-27,38H,6-7,16-17,20-25,28-29H2,1H3,(H,43,45)(H,44,46). The third-order valence-corrected chi connectivity index (χ3v) is 7.90. The van der Waals surface area contributed by atoms with Gasteiger partial charge in [-0.1, -0.05) is 48.2 Å². The highest BCUT2D eigenvalue weighted by molar-refractivity contribution is 5.68. The van der Waals surface area contributed by atoms with Crippen molar-refractivity contribution in [2.24, 2.45) is 0 Å². The first-order chi connectivity index (χ1) is 25.0. The molecule has 0 radical (unpaired) electrons. The summed E-state index contributed by atoms with van der Waals surface area (Å²) < 4.78 is 27.9. The Bertz CT molecular complexity index is 1790. The van der Waals surface area contributed by atoms with Gasteiger partial charge in [-0.3, -0.25) is 9.97 Å². The van der Waals surface area contributed by atoms with Gasteiger partial charge in [0.05, 0.1) is 37.8 Å². The second kappa shape index (κ2) is 20.4. The molecule has 51 heavy (non-hydrogen) atoms. The van der Waals surface area contributed by atoms with Gasteiger partial charge in [0.1, 0.15) is 12.7 Å². The summed E-state index contributed by atoms with van der Waals surface area (Å²) in [5, 5.41) is 5.56. The average molecular weight is 693 g/mol. The largest absolute Gasteiger partial charge is 0.445 e. The highest BCUT2D eigenvalue weighted by Gasteiger charge is 2.22. The molecule has 2 aromatic carbocycles. The lowest BCUT2D eigenvalue weighted by Gasteiger charge is -2.22. The maximum Gasteiger partial charge on any atom is 0.407 e. The van der Waals surface area contributed by atoms with Crippen molar-refractivity contribution in [3.63, 3.8) is 0 Å². The van der Waals surface area contributed by atoms with Gasteiger partial charge in [0.25, 0.3) is 0 Å². The molecule has 11 nitrogen and oxygen atoms in total. The summed E-state index contributed by atoms with van der Waals surface area (Å²) in [6.07, 6.45) is 3.89. The maximum atomic E-state index is 12.6. The second-order valence-electron chi connectivity index (χ2n) is 11.8. The summed E-state index contributed by atoms with van der Waals surface area (Å²) in [5.74, 6) is 6.46. The number of amides is 2. The highest BCUT2D eigenvalue weighted by atomic mass is 16.6. The fourth-order valence-electron chi connectivity index (χ4n) is 5.28. The van der Waals surface area contributed by atoms with Crippen LogP contribution in [0.5, 0.6) is 0 Å². The van der Waals surface area contributed by atoms with E-state index < -0.39 is 18.3 Å². The first-order valence-electron chi connectivity index (χ1n) is 17.2. The van der Waals surface area contributed by atoms with E-state index >= 15 is 0 Å². The molecule has 0 saturated heterocycles. The van der Waals surface area contributed by atoms with Crippen molar-refractivity contribution in [2.75, 3.05) is 52.7 Å². The van der Waals surface area contributed by atoms with Crippen molar-refractivity contribution >= 4 is 12.2 Å². The number of benzene rings is 2. The van der Waals surface area contributed by atoms with Crippen molar-refractivity contribution in [1.29, 1.82) is 0 Å². The van der Waals surface area contributed by atoms with Gasteiger partial charge in [0.2, 0.25) is 0 Å². The number of hydrogen-bond donors (Lipinski definition) is 2. The van der Waals surface area contributed by atoms with Crippen molar-refractivity contribution in [3.8, 4) is 23.2 Å². The Morgan fingerprint density at radius 2 is 1.33 bits per heavy atom. The third kappa shape index (κ3) is 12.5. The van der Waals surface area contributed by atoms with Crippen LogP contribution in [0.4, 0.5) is 9.59 Å². The van der Waals surface area contributed by atoms with E-state index in [9.17, 15) is 9.59 Å². The minimum absolute atomic E-state index is 0.138. The predicted octanol–water partition coefficient (Wildman–Crippen LogP) is 5.93. The van der Waals surface area contributed by atoms with Gasteiger partial charge in [-0.2, -0.15) is 0 Å². The average Bonchev–Trinajstić information content (AvgIpc) is 3.14. The molecule has 0 spiro atoms. The second-order valence-corrected chi connectivity index (χ2v) is 11.8. The van der Waals surface area contributed by atoms with Crippen LogP contribution in [0.1, 0.15) is 52.3 Å². The molecule has 0 saturated carbocycles. The molecule has 0 fully saturated rings. The summed E-state index contributed by atoms with van der Waals surface area (Å²) in [6, 6.07) is 23.3. The van der Waals surface area contributed by atoms with Crippen LogP contribution < -0.4 is 10.6 Å². The molecule has 2 N–H and O–H groups in total. The minimum Gasteiger partial charge on any atom is -0.445 e.